The van der Waals surface area contributed by atoms with Crippen molar-refractivity contribution in [1.29, 1.82) is 0 Å². The molecule has 0 aliphatic carbocycles. The molecule has 1 aromatic carbocycles. The molecule has 9 nitrogen and oxygen atoms in total. The van der Waals surface area contributed by atoms with Crippen molar-refractivity contribution in [3.05, 3.63) is 82.2 Å². The van der Waals surface area contributed by atoms with Crippen LogP contribution in [0.3, 0.4) is 0 Å². The van der Waals surface area contributed by atoms with E-state index in [1.54, 1.807) is 19.3 Å². The van der Waals surface area contributed by atoms with E-state index in [9.17, 15) is 9.59 Å². The normalized spacial score (nSPS) is 10.9. The number of carbonyl (C=O) groups is 1. The maximum absolute atomic E-state index is 12.8. The number of amides is 1. The standard InChI is InChI=1S/C22H23N7O2/c1-15-12-26-21(24-9-7-16-5-3-2-4-6-16)22(31)29(15)14-19(30)25-13-18-11-17-8-10-23-20(17)28-27-18/h2-6,8,10-12H,7,9,13-14H2,1H3,(H,23,28)(H,24,26)(H,25,30). The Morgan fingerprint density at radius 3 is 2.84 bits per heavy atom. The molecule has 0 saturated carbocycles. The van der Waals surface area contributed by atoms with Crippen molar-refractivity contribution in [3.63, 3.8) is 0 Å². The molecule has 0 radical (unpaired) electrons. The van der Waals surface area contributed by atoms with Gasteiger partial charge in [0.1, 0.15) is 6.54 Å². The number of aromatic nitrogens is 5. The van der Waals surface area contributed by atoms with Crippen LogP contribution >= 0.6 is 0 Å². The van der Waals surface area contributed by atoms with E-state index in [0.717, 1.165) is 11.8 Å². The van der Waals surface area contributed by atoms with Gasteiger partial charge in [0.25, 0.3) is 5.56 Å². The summed E-state index contributed by atoms with van der Waals surface area (Å²) in [6.07, 6.45) is 4.14. The average Bonchev–Trinajstić information content (AvgIpc) is 3.25. The maximum Gasteiger partial charge on any atom is 0.293 e. The van der Waals surface area contributed by atoms with Gasteiger partial charge in [0.2, 0.25) is 5.91 Å². The van der Waals surface area contributed by atoms with Crippen LogP contribution in [-0.2, 0) is 24.3 Å². The first-order valence-electron chi connectivity index (χ1n) is 10.0. The molecule has 3 aromatic heterocycles. The molecule has 0 saturated heterocycles. The summed E-state index contributed by atoms with van der Waals surface area (Å²) >= 11 is 0. The third-order valence-corrected chi connectivity index (χ3v) is 4.93. The lowest BCUT2D eigenvalue weighted by Gasteiger charge is -2.12. The lowest BCUT2D eigenvalue weighted by atomic mass is 10.1. The van der Waals surface area contributed by atoms with Crippen LogP contribution in [-0.4, -0.2) is 37.2 Å². The van der Waals surface area contributed by atoms with E-state index < -0.39 is 0 Å². The highest BCUT2D eigenvalue weighted by Gasteiger charge is 2.12. The van der Waals surface area contributed by atoms with Gasteiger partial charge in [-0.1, -0.05) is 30.3 Å². The van der Waals surface area contributed by atoms with E-state index in [1.165, 1.54) is 10.1 Å². The third kappa shape index (κ3) is 4.95. The fraction of sp³-hybridized carbons (Fsp3) is 0.227. The van der Waals surface area contributed by atoms with Crippen molar-refractivity contribution < 1.29 is 4.79 Å². The van der Waals surface area contributed by atoms with Gasteiger partial charge in [0, 0.05) is 30.0 Å². The molecule has 3 heterocycles. The SMILES string of the molecule is Cc1cnc(NCCc2ccccc2)c(=O)n1CC(=O)NCc1cc2cc[nH]c2nn1. The van der Waals surface area contributed by atoms with E-state index >= 15 is 0 Å². The molecular weight excluding hydrogens is 394 g/mol. The number of carbonyl (C=O) groups excluding carboxylic acids is 1. The van der Waals surface area contributed by atoms with Crippen LogP contribution in [0.25, 0.3) is 11.0 Å². The second kappa shape index (κ2) is 9.21. The zero-order valence-corrected chi connectivity index (χ0v) is 17.1. The van der Waals surface area contributed by atoms with E-state index in [2.05, 4.69) is 30.8 Å². The summed E-state index contributed by atoms with van der Waals surface area (Å²) in [5.41, 5.74) is 2.80. The molecule has 0 bridgehead atoms. The molecule has 3 N–H and O–H groups in total. The number of rotatable bonds is 8. The zero-order chi connectivity index (χ0) is 21.6. The highest BCUT2D eigenvalue weighted by molar-refractivity contribution is 5.77. The molecule has 0 fully saturated rings. The largest absolute Gasteiger partial charge is 0.365 e. The third-order valence-electron chi connectivity index (χ3n) is 4.93. The van der Waals surface area contributed by atoms with Crippen molar-refractivity contribution >= 4 is 22.8 Å². The highest BCUT2D eigenvalue weighted by Crippen LogP contribution is 2.09. The van der Waals surface area contributed by atoms with Gasteiger partial charge < -0.3 is 15.6 Å². The van der Waals surface area contributed by atoms with Crippen molar-refractivity contribution in [2.45, 2.75) is 26.4 Å². The Morgan fingerprint density at radius 2 is 2.00 bits per heavy atom. The molecule has 158 valence electrons. The number of hydrogen-bond donors (Lipinski definition) is 3. The van der Waals surface area contributed by atoms with Crippen LogP contribution in [0.5, 0.6) is 0 Å². The first kappa shape index (κ1) is 20.3. The minimum Gasteiger partial charge on any atom is -0.365 e. The number of nitrogens with zero attached hydrogens (tertiary/aromatic N) is 4. The summed E-state index contributed by atoms with van der Waals surface area (Å²) in [5.74, 6) is -0.0549. The van der Waals surface area contributed by atoms with Gasteiger partial charge in [0.05, 0.1) is 12.2 Å². The number of anilines is 1. The molecule has 0 aliphatic rings. The fourth-order valence-corrected chi connectivity index (χ4v) is 3.23. The van der Waals surface area contributed by atoms with Crippen molar-refractivity contribution in [1.82, 2.24) is 30.0 Å². The van der Waals surface area contributed by atoms with Gasteiger partial charge in [-0.15, -0.1) is 5.10 Å². The molecule has 0 aliphatic heterocycles. The second-order valence-electron chi connectivity index (χ2n) is 7.20. The lowest BCUT2D eigenvalue weighted by molar-refractivity contribution is -0.121. The predicted molar refractivity (Wildman–Crippen MR) is 118 cm³/mol. The smallest absolute Gasteiger partial charge is 0.293 e. The van der Waals surface area contributed by atoms with Gasteiger partial charge in [-0.25, -0.2) is 4.98 Å². The Morgan fingerprint density at radius 1 is 1.16 bits per heavy atom. The minimum absolute atomic E-state index is 0.0968. The van der Waals surface area contributed by atoms with E-state index in [4.69, 9.17) is 0 Å². The van der Waals surface area contributed by atoms with Gasteiger partial charge in [-0.3, -0.25) is 14.2 Å². The number of aryl methyl sites for hydroxylation is 1. The number of H-pyrrole nitrogens is 1. The van der Waals surface area contributed by atoms with Gasteiger partial charge in [-0.2, -0.15) is 5.10 Å². The molecule has 0 unspecified atom stereocenters. The first-order chi connectivity index (χ1) is 15.1. The number of nitrogens with one attached hydrogen (secondary N) is 3. The molecule has 0 spiro atoms. The average molecular weight is 417 g/mol. The number of hydrogen-bond acceptors (Lipinski definition) is 6. The van der Waals surface area contributed by atoms with Crippen LogP contribution in [0.1, 0.15) is 17.0 Å². The van der Waals surface area contributed by atoms with Crippen LogP contribution in [0.2, 0.25) is 0 Å². The Labute approximate surface area is 178 Å². The first-order valence-corrected chi connectivity index (χ1v) is 10.0. The minimum atomic E-state index is -0.322. The molecule has 4 rings (SSSR count). The number of benzene rings is 1. The Hall–Kier alpha value is -4.01. The summed E-state index contributed by atoms with van der Waals surface area (Å²) in [6, 6.07) is 13.7. The Bertz CT molecular complexity index is 1250. The Balaban J connectivity index is 1.37. The molecule has 9 heteroatoms. The second-order valence-corrected chi connectivity index (χ2v) is 7.20. The predicted octanol–water partition coefficient (Wildman–Crippen LogP) is 1.79. The Kier molecular flexibility index (Phi) is 6.02. The topological polar surface area (TPSA) is 118 Å². The number of aromatic amines is 1. The van der Waals surface area contributed by atoms with Gasteiger partial charge >= 0.3 is 0 Å². The maximum atomic E-state index is 12.8. The van der Waals surface area contributed by atoms with Crippen molar-refractivity contribution in [2.75, 3.05) is 11.9 Å². The highest BCUT2D eigenvalue weighted by atomic mass is 16.2. The molecular formula is C22H23N7O2. The lowest BCUT2D eigenvalue weighted by Crippen LogP contribution is -2.34. The summed E-state index contributed by atoms with van der Waals surface area (Å²) < 4.78 is 1.41. The van der Waals surface area contributed by atoms with Gasteiger partial charge in [0.15, 0.2) is 11.5 Å². The molecule has 0 atom stereocenters. The van der Waals surface area contributed by atoms with E-state index in [-0.39, 0.29) is 30.4 Å². The monoisotopic (exact) mass is 417 g/mol. The summed E-state index contributed by atoms with van der Waals surface area (Å²) in [4.78, 5) is 32.4. The van der Waals surface area contributed by atoms with Crippen LogP contribution in [0.15, 0.2) is 59.7 Å². The number of fused-ring (bicyclic) bond motifs is 1. The summed E-state index contributed by atoms with van der Waals surface area (Å²) in [6.45, 7) is 2.46. The van der Waals surface area contributed by atoms with Crippen molar-refractivity contribution in [2.24, 2.45) is 0 Å². The van der Waals surface area contributed by atoms with E-state index in [0.29, 0.717) is 23.6 Å². The van der Waals surface area contributed by atoms with Crippen LogP contribution < -0.4 is 16.2 Å². The summed E-state index contributed by atoms with van der Waals surface area (Å²) in [7, 11) is 0. The van der Waals surface area contributed by atoms with Crippen LogP contribution in [0, 0.1) is 6.92 Å². The van der Waals surface area contributed by atoms with Gasteiger partial charge in [-0.05, 0) is 31.0 Å². The summed E-state index contributed by atoms with van der Waals surface area (Å²) in [5, 5.41) is 14.9. The molecule has 1 amide bonds. The van der Waals surface area contributed by atoms with Crippen molar-refractivity contribution in [3.8, 4) is 0 Å². The molecule has 4 aromatic rings. The fourth-order valence-electron chi connectivity index (χ4n) is 3.23. The van der Waals surface area contributed by atoms with Crippen LogP contribution in [0.4, 0.5) is 5.82 Å². The zero-order valence-electron chi connectivity index (χ0n) is 17.1. The molecule has 31 heavy (non-hydrogen) atoms. The quantitative estimate of drug-likeness (QED) is 0.402. The van der Waals surface area contributed by atoms with E-state index in [1.807, 2.05) is 42.5 Å².